The molecule has 2 saturated heterocycles. The van der Waals surface area contributed by atoms with Gasteiger partial charge in [-0.25, -0.2) is 0 Å². The number of carbonyl (C=O) groups is 2. The van der Waals surface area contributed by atoms with E-state index < -0.39 is 0 Å². The maximum atomic E-state index is 12.5. The molecule has 2 aliphatic rings. The number of nitrogens with zero attached hydrogens (tertiary/aromatic N) is 2. The maximum absolute atomic E-state index is 12.5. The largest absolute Gasteiger partial charge is 0.341 e. The van der Waals surface area contributed by atoms with Crippen LogP contribution in [0.2, 0.25) is 0 Å². The zero-order valence-corrected chi connectivity index (χ0v) is 11.8. The van der Waals surface area contributed by atoms with E-state index in [4.69, 9.17) is 5.73 Å². The van der Waals surface area contributed by atoms with E-state index in [1.54, 1.807) is 4.90 Å². The molecule has 2 fully saturated rings. The lowest BCUT2D eigenvalue weighted by Gasteiger charge is -2.28. The van der Waals surface area contributed by atoms with Gasteiger partial charge in [0.05, 0.1) is 0 Å². The number of likely N-dealkylation sites (tertiary alicyclic amines) is 2. The Kier molecular flexibility index (Phi) is 4.80. The van der Waals surface area contributed by atoms with Crippen LogP contribution in [-0.4, -0.2) is 53.8 Å². The minimum Gasteiger partial charge on any atom is -0.341 e. The number of nitrogens with two attached hydrogens (primary N) is 1. The van der Waals surface area contributed by atoms with Crippen LogP contribution in [0.1, 0.15) is 39.0 Å². The Morgan fingerprint density at radius 3 is 2.68 bits per heavy atom. The van der Waals surface area contributed by atoms with Crippen LogP contribution in [0.4, 0.5) is 0 Å². The zero-order valence-electron chi connectivity index (χ0n) is 11.8. The summed E-state index contributed by atoms with van der Waals surface area (Å²) in [5.74, 6) is 0.705. The molecule has 19 heavy (non-hydrogen) atoms. The Hall–Kier alpha value is -1.10. The average molecular weight is 267 g/mol. The van der Waals surface area contributed by atoms with Gasteiger partial charge in [-0.15, -0.1) is 0 Å². The van der Waals surface area contributed by atoms with E-state index in [9.17, 15) is 9.59 Å². The summed E-state index contributed by atoms with van der Waals surface area (Å²) in [6.07, 6.45) is 4.15. The van der Waals surface area contributed by atoms with Gasteiger partial charge in [0.2, 0.25) is 11.8 Å². The molecule has 0 bridgehead atoms. The van der Waals surface area contributed by atoms with Gasteiger partial charge >= 0.3 is 0 Å². The van der Waals surface area contributed by atoms with Crippen molar-refractivity contribution in [1.29, 1.82) is 0 Å². The fourth-order valence-corrected chi connectivity index (χ4v) is 3.12. The third-order valence-electron chi connectivity index (χ3n) is 4.25. The van der Waals surface area contributed by atoms with E-state index in [-0.39, 0.29) is 17.9 Å². The van der Waals surface area contributed by atoms with E-state index in [1.807, 2.05) is 11.8 Å². The van der Waals surface area contributed by atoms with Crippen LogP contribution in [-0.2, 0) is 9.59 Å². The van der Waals surface area contributed by atoms with Crippen LogP contribution in [0.25, 0.3) is 0 Å². The highest BCUT2D eigenvalue weighted by Crippen LogP contribution is 2.24. The minimum atomic E-state index is -0.212. The molecule has 2 N–H and O–H groups in total. The second-order valence-electron chi connectivity index (χ2n) is 5.67. The van der Waals surface area contributed by atoms with Gasteiger partial charge in [0.15, 0.2) is 0 Å². The van der Waals surface area contributed by atoms with Gasteiger partial charge in [0.1, 0.15) is 6.04 Å². The molecule has 0 aliphatic carbocycles. The summed E-state index contributed by atoms with van der Waals surface area (Å²) in [5.41, 5.74) is 5.66. The van der Waals surface area contributed by atoms with Gasteiger partial charge in [-0.2, -0.15) is 0 Å². The molecule has 5 nitrogen and oxygen atoms in total. The van der Waals surface area contributed by atoms with Gasteiger partial charge in [0.25, 0.3) is 0 Å². The first-order chi connectivity index (χ1) is 9.17. The van der Waals surface area contributed by atoms with Crippen LogP contribution < -0.4 is 5.73 Å². The molecular formula is C14H25N3O2. The highest BCUT2D eigenvalue weighted by atomic mass is 16.2. The molecule has 5 heteroatoms. The van der Waals surface area contributed by atoms with Crippen molar-refractivity contribution in [3.05, 3.63) is 0 Å². The van der Waals surface area contributed by atoms with Gasteiger partial charge in [-0.3, -0.25) is 9.59 Å². The highest BCUT2D eigenvalue weighted by molar-refractivity contribution is 5.88. The van der Waals surface area contributed by atoms with E-state index in [0.717, 1.165) is 45.3 Å². The van der Waals surface area contributed by atoms with Gasteiger partial charge in [0, 0.05) is 26.1 Å². The molecule has 0 saturated carbocycles. The second kappa shape index (κ2) is 6.37. The van der Waals surface area contributed by atoms with Crippen LogP contribution in [0, 0.1) is 5.92 Å². The van der Waals surface area contributed by atoms with Gasteiger partial charge in [-0.05, 0) is 38.1 Å². The lowest BCUT2D eigenvalue weighted by molar-refractivity contribution is -0.143. The molecule has 0 aromatic heterocycles. The lowest BCUT2D eigenvalue weighted by Crippen LogP contribution is -2.47. The fraction of sp³-hybridized carbons (Fsp3) is 0.857. The molecule has 0 aromatic carbocycles. The standard InChI is InChI=1S/C14H25N3O2/c1-2-4-13(18)17-7-3-5-12(17)14(19)16-8-6-11(9-15)10-16/h11-12H,2-10,15H2,1H3. The topological polar surface area (TPSA) is 66.6 Å². The number of rotatable bonds is 4. The van der Waals surface area contributed by atoms with Crippen molar-refractivity contribution >= 4 is 11.8 Å². The van der Waals surface area contributed by atoms with E-state index in [0.29, 0.717) is 18.9 Å². The zero-order chi connectivity index (χ0) is 13.8. The number of carbonyl (C=O) groups excluding carboxylic acids is 2. The summed E-state index contributed by atoms with van der Waals surface area (Å²) in [5, 5.41) is 0. The molecule has 108 valence electrons. The first kappa shape index (κ1) is 14.3. The molecule has 0 spiro atoms. The smallest absolute Gasteiger partial charge is 0.245 e. The third-order valence-corrected chi connectivity index (χ3v) is 4.25. The normalized spacial score (nSPS) is 27.1. The van der Waals surface area contributed by atoms with E-state index >= 15 is 0 Å². The fourth-order valence-electron chi connectivity index (χ4n) is 3.12. The summed E-state index contributed by atoms with van der Waals surface area (Å²) in [4.78, 5) is 28.2. The van der Waals surface area contributed by atoms with Crippen molar-refractivity contribution in [3.8, 4) is 0 Å². The quantitative estimate of drug-likeness (QED) is 0.810. The SMILES string of the molecule is CCCC(=O)N1CCCC1C(=O)N1CCC(CN)C1. The molecule has 2 atom stereocenters. The molecule has 2 amide bonds. The van der Waals surface area contributed by atoms with E-state index in [2.05, 4.69) is 0 Å². The van der Waals surface area contributed by atoms with Crippen LogP contribution in [0.3, 0.4) is 0 Å². The number of hydrogen-bond donors (Lipinski definition) is 1. The summed E-state index contributed by atoms with van der Waals surface area (Å²) in [7, 11) is 0. The van der Waals surface area contributed by atoms with Crippen LogP contribution in [0.5, 0.6) is 0 Å². The number of hydrogen-bond acceptors (Lipinski definition) is 3. The van der Waals surface area contributed by atoms with Crippen molar-refractivity contribution in [3.63, 3.8) is 0 Å². The van der Waals surface area contributed by atoms with Crippen LogP contribution in [0.15, 0.2) is 0 Å². The van der Waals surface area contributed by atoms with Crippen molar-refractivity contribution in [1.82, 2.24) is 9.80 Å². The van der Waals surface area contributed by atoms with Crippen molar-refractivity contribution in [2.75, 3.05) is 26.2 Å². The molecule has 2 heterocycles. The van der Waals surface area contributed by atoms with Crippen molar-refractivity contribution in [2.45, 2.75) is 45.1 Å². The molecular weight excluding hydrogens is 242 g/mol. The third kappa shape index (κ3) is 3.08. The average Bonchev–Trinajstić information content (AvgIpc) is 3.07. The van der Waals surface area contributed by atoms with E-state index in [1.165, 1.54) is 0 Å². The Labute approximate surface area is 115 Å². The Morgan fingerprint density at radius 2 is 2.05 bits per heavy atom. The molecule has 2 rings (SSSR count). The van der Waals surface area contributed by atoms with Crippen molar-refractivity contribution < 1.29 is 9.59 Å². The molecule has 0 aromatic rings. The summed E-state index contributed by atoms with van der Waals surface area (Å²) in [6, 6.07) is -0.212. The van der Waals surface area contributed by atoms with Gasteiger partial charge in [-0.1, -0.05) is 6.92 Å². The molecule has 2 unspecified atom stereocenters. The summed E-state index contributed by atoms with van der Waals surface area (Å²) in [6.45, 7) is 4.95. The van der Waals surface area contributed by atoms with Crippen LogP contribution >= 0.6 is 0 Å². The second-order valence-corrected chi connectivity index (χ2v) is 5.67. The monoisotopic (exact) mass is 267 g/mol. The Morgan fingerprint density at radius 1 is 1.26 bits per heavy atom. The van der Waals surface area contributed by atoms with Crippen molar-refractivity contribution in [2.24, 2.45) is 11.7 Å². The first-order valence-electron chi connectivity index (χ1n) is 7.45. The van der Waals surface area contributed by atoms with Gasteiger partial charge < -0.3 is 15.5 Å². The minimum absolute atomic E-state index is 0.132. The summed E-state index contributed by atoms with van der Waals surface area (Å²) >= 11 is 0. The molecule has 0 radical (unpaired) electrons. The predicted molar refractivity (Wildman–Crippen MR) is 73.4 cm³/mol. The highest BCUT2D eigenvalue weighted by Gasteiger charge is 2.37. The lowest BCUT2D eigenvalue weighted by atomic mass is 10.1. The Bertz CT molecular complexity index is 346. The predicted octanol–water partition coefficient (Wildman–Crippen LogP) is 0.585. The number of amides is 2. The molecule has 2 aliphatic heterocycles. The Balaban J connectivity index is 1.96. The first-order valence-corrected chi connectivity index (χ1v) is 7.45. The maximum Gasteiger partial charge on any atom is 0.245 e. The summed E-state index contributed by atoms with van der Waals surface area (Å²) < 4.78 is 0.